The first-order chi connectivity index (χ1) is 12.2. The van der Waals surface area contributed by atoms with E-state index in [1.165, 1.54) is 20.2 Å². The summed E-state index contributed by atoms with van der Waals surface area (Å²) in [6.45, 7) is 4.24. The van der Waals surface area contributed by atoms with Crippen LogP contribution in [0.5, 0.6) is 0 Å². The average Bonchev–Trinajstić information content (AvgIpc) is 3.33. The Balaban J connectivity index is 1.28. The van der Waals surface area contributed by atoms with Crippen LogP contribution in [0.15, 0.2) is 29.0 Å². The number of thiophene rings is 2. The number of carbonyl (C=O) groups is 1. The summed E-state index contributed by atoms with van der Waals surface area (Å²) in [7, 11) is 0. The van der Waals surface area contributed by atoms with Crippen molar-refractivity contribution in [1.29, 1.82) is 0 Å². The van der Waals surface area contributed by atoms with Crippen LogP contribution in [0.3, 0.4) is 0 Å². The van der Waals surface area contributed by atoms with Crippen molar-refractivity contribution in [2.75, 3.05) is 13.1 Å². The highest BCUT2D eigenvalue weighted by Gasteiger charge is 2.21. The minimum Gasteiger partial charge on any atom is -0.338 e. The van der Waals surface area contributed by atoms with E-state index in [9.17, 15) is 4.79 Å². The smallest absolute Gasteiger partial charge is 0.317 e. The number of nitrogens with zero attached hydrogens (tertiary/aromatic N) is 2. The van der Waals surface area contributed by atoms with Crippen molar-refractivity contribution in [2.45, 2.75) is 26.3 Å². The van der Waals surface area contributed by atoms with Gasteiger partial charge in [0.25, 0.3) is 0 Å². The maximum Gasteiger partial charge on any atom is 0.317 e. The first-order valence-electron chi connectivity index (χ1n) is 8.28. The monoisotopic (exact) mass is 389 g/mol. The second-order valence-corrected chi connectivity index (χ2v) is 9.27. The summed E-state index contributed by atoms with van der Waals surface area (Å²) >= 11 is 5.23. The lowest BCUT2D eigenvalue weighted by Crippen LogP contribution is -2.43. The van der Waals surface area contributed by atoms with Crippen LogP contribution in [0.4, 0.5) is 4.79 Å². The van der Waals surface area contributed by atoms with Crippen LogP contribution in [0.1, 0.15) is 20.3 Å². The van der Waals surface area contributed by atoms with E-state index < -0.39 is 0 Å². The summed E-state index contributed by atoms with van der Waals surface area (Å²) in [6, 6.07) is 6.44. The van der Waals surface area contributed by atoms with Gasteiger partial charge in [-0.1, -0.05) is 0 Å². The summed E-state index contributed by atoms with van der Waals surface area (Å²) in [5.74, 6) is 0. The summed E-state index contributed by atoms with van der Waals surface area (Å²) in [4.78, 5) is 22.7. The number of fused-ring (bicyclic) bond motifs is 1. The molecular formula is C18H19N3OS3. The predicted molar refractivity (Wildman–Crippen MR) is 106 cm³/mol. The molecule has 0 radical (unpaired) electrons. The molecule has 0 bridgehead atoms. The molecule has 1 N–H and O–H groups in total. The average molecular weight is 390 g/mol. The van der Waals surface area contributed by atoms with E-state index in [1.807, 2.05) is 11.8 Å². The third kappa shape index (κ3) is 3.78. The van der Waals surface area contributed by atoms with Crippen LogP contribution in [0, 0.1) is 6.92 Å². The summed E-state index contributed by atoms with van der Waals surface area (Å²) < 4.78 is 0. The molecule has 3 aromatic rings. The van der Waals surface area contributed by atoms with Crippen molar-refractivity contribution in [1.82, 2.24) is 15.2 Å². The molecule has 1 aliphatic rings. The molecule has 0 spiro atoms. The molecular weight excluding hydrogens is 370 g/mol. The minimum absolute atomic E-state index is 0.0451. The SMILES string of the molecule is Cc1nc(-c2ccc(CCNC(=O)N3CCc4sccc4C3)s2)cs1. The van der Waals surface area contributed by atoms with Crippen LogP contribution in [0.25, 0.3) is 10.6 Å². The molecule has 0 atom stereocenters. The number of thiazole rings is 1. The molecule has 0 saturated heterocycles. The molecule has 130 valence electrons. The van der Waals surface area contributed by atoms with Crippen LogP contribution in [-0.4, -0.2) is 29.0 Å². The van der Waals surface area contributed by atoms with Crippen molar-refractivity contribution < 1.29 is 4.79 Å². The van der Waals surface area contributed by atoms with E-state index in [-0.39, 0.29) is 6.03 Å². The van der Waals surface area contributed by atoms with Crippen LogP contribution < -0.4 is 5.32 Å². The Kier molecular flexibility index (Phi) is 4.87. The molecule has 2 amide bonds. The van der Waals surface area contributed by atoms with Crippen LogP contribution >= 0.6 is 34.0 Å². The Hall–Kier alpha value is -1.70. The van der Waals surface area contributed by atoms with Crippen LogP contribution in [-0.2, 0) is 19.4 Å². The molecule has 0 saturated carbocycles. The fourth-order valence-electron chi connectivity index (χ4n) is 2.95. The zero-order valence-corrected chi connectivity index (χ0v) is 16.4. The highest BCUT2D eigenvalue weighted by molar-refractivity contribution is 7.16. The first-order valence-corrected chi connectivity index (χ1v) is 10.9. The molecule has 0 fully saturated rings. The Morgan fingerprint density at radius 1 is 1.32 bits per heavy atom. The molecule has 0 aromatic carbocycles. The van der Waals surface area contributed by atoms with Gasteiger partial charge >= 0.3 is 6.03 Å². The van der Waals surface area contributed by atoms with Gasteiger partial charge in [-0.05, 0) is 48.9 Å². The molecule has 4 nitrogen and oxygen atoms in total. The molecule has 4 heterocycles. The third-order valence-corrected chi connectivity index (χ3v) is 7.24. The minimum atomic E-state index is 0.0451. The lowest BCUT2D eigenvalue weighted by atomic mass is 10.1. The maximum absolute atomic E-state index is 12.4. The number of hydrogen-bond acceptors (Lipinski definition) is 5. The van der Waals surface area contributed by atoms with Crippen molar-refractivity contribution in [3.8, 4) is 10.6 Å². The van der Waals surface area contributed by atoms with Gasteiger partial charge in [0, 0.05) is 34.8 Å². The van der Waals surface area contributed by atoms with Crippen molar-refractivity contribution in [3.63, 3.8) is 0 Å². The fraction of sp³-hybridized carbons (Fsp3) is 0.333. The largest absolute Gasteiger partial charge is 0.338 e. The number of rotatable bonds is 4. The molecule has 4 rings (SSSR count). The van der Waals surface area contributed by atoms with E-state index in [1.54, 1.807) is 34.0 Å². The lowest BCUT2D eigenvalue weighted by molar-refractivity contribution is 0.193. The van der Waals surface area contributed by atoms with E-state index >= 15 is 0 Å². The molecule has 0 unspecified atom stereocenters. The third-order valence-electron chi connectivity index (χ3n) is 4.28. The van der Waals surface area contributed by atoms with Gasteiger partial charge in [0.2, 0.25) is 0 Å². The van der Waals surface area contributed by atoms with Gasteiger partial charge in [0.05, 0.1) is 15.6 Å². The fourth-order valence-corrected chi connectivity index (χ4v) is 5.50. The van der Waals surface area contributed by atoms with Gasteiger partial charge in [0.1, 0.15) is 0 Å². The quantitative estimate of drug-likeness (QED) is 0.711. The zero-order chi connectivity index (χ0) is 17.2. The van der Waals surface area contributed by atoms with Gasteiger partial charge in [-0.2, -0.15) is 0 Å². The molecule has 0 aliphatic carbocycles. The van der Waals surface area contributed by atoms with E-state index in [0.29, 0.717) is 6.54 Å². The number of carbonyl (C=O) groups excluding carboxylic acids is 1. The van der Waals surface area contributed by atoms with E-state index in [4.69, 9.17) is 0 Å². The van der Waals surface area contributed by atoms with Gasteiger partial charge in [-0.25, -0.2) is 9.78 Å². The van der Waals surface area contributed by atoms with Crippen molar-refractivity contribution in [3.05, 3.63) is 49.3 Å². The molecule has 25 heavy (non-hydrogen) atoms. The second-order valence-electron chi connectivity index (χ2n) is 6.04. The summed E-state index contributed by atoms with van der Waals surface area (Å²) in [5.41, 5.74) is 2.36. The number of aryl methyl sites for hydroxylation is 1. The summed E-state index contributed by atoms with van der Waals surface area (Å²) in [6.07, 6.45) is 1.83. The number of nitrogens with one attached hydrogen (secondary N) is 1. The number of hydrogen-bond donors (Lipinski definition) is 1. The normalized spacial score (nSPS) is 13.7. The van der Waals surface area contributed by atoms with Crippen LogP contribution in [0.2, 0.25) is 0 Å². The van der Waals surface area contributed by atoms with Gasteiger partial charge in [0.15, 0.2) is 0 Å². The number of urea groups is 1. The Labute approximate surface area is 159 Å². The lowest BCUT2D eigenvalue weighted by Gasteiger charge is -2.27. The standard InChI is InChI=1S/C18H19N3OS3/c1-12-20-15(11-24-12)17-3-2-14(25-17)4-7-19-18(22)21-8-5-16-13(10-21)6-9-23-16/h2-3,6,9,11H,4-5,7-8,10H2,1H3,(H,19,22). The maximum atomic E-state index is 12.4. The van der Waals surface area contributed by atoms with E-state index in [0.717, 1.165) is 36.6 Å². The predicted octanol–water partition coefficient (Wildman–Crippen LogP) is 4.55. The summed E-state index contributed by atoms with van der Waals surface area (Å²) in [5, 5.41) is 8.37. The Morgan fingerprint density at radius 2 is 2.24 bits per heavy atom. The van der Waals surface area contributed by atoms with Gasteiger partial charge in [-0.3, -0.25) is 0 Å². The van der Waals surface area contributed by atoms with Gasteiger partial charge < -0.3 is 10.2 Å². The number of amides is 2. The van der Waals surface area contributed by atoms with Crippen molar-refractivity contribution >= 4 is 40.0 Å². The molecule has 1 aliphatic heterocycles. The topological polar surface area (TPSA) is 45.2 Å². The van der Waals surface area contributed by atoms with E-state index in [2.05, 4.69) is 39.3 Å². The Morgan fingerprint density at radius 3 is 3.08 bits per heavy atom. The molecule has 7 heteroatoms. The highest BCUT2D eigenvalue weighted by atomic mass is 32.1. The van der Waals surface area contributed by atoms with Crippen molar-refractivity contribution in [2.24, 2.45) is 0 Å². The molecule has 3 aromatic heterocycles. The van der Waals surface area contributed by atoms with Gasteiger partial charge in [-0.15, -0.1) is 34.0 Å². The number of aromatic nitrogens is 1. The first kappa shape index (κ1) is 16.8. The zero-order valence-electron chi connectivity index (χ0n) is 13.9. The highest BCUT2D eigenvalue weighted by Crippen LogP contribution is 2.29. The second kappa shape index (κ2) is 7.27. The Bertz CT molecular complexity index is 880.